The molecule has 5 nitrogen and oxygen atoms in total. The van der Waals surface area contributed by atoms with Crippen LogP contribution in [-0.2, 0) is 6.18 Å². The molecule has 0 aliphatic heterocycles. The van der Waals surface area contributed by atoms with Crippen LogP contribution in [0.4, 0.5) is 35.0 Å². The molecular formula is C11H8ClF4N5. The summed E-state index contributed by atoms with van der Waals surface area (Å²) in [5.41, 5.74) is 1.26. The number of hydrogen-bond acceptors (Lipinski definition) is 5. The van der Waals surface area contributed by atoms with Crippen LogP contribution in [0.15, 0.2) is 24.4 Å². The molecule has 0 fully saturated rings. The maximum atomic E-state index is 13.5. The van der Waals surface area contributed by atoms with Gasteiger partial charge in [-0.3, -0.25) is 5.43 Å². The second-order valence-corrected chi connectivity index (χ2v) is 4.26. The summed E-state index contributed by atoms with van der Waals surface area (Å²) in [4.78, 5) is 7.21. The Morgan fingerprint density at radius 3 is 2.52 bits per heavy atom. The second kappa shape index (κ2) is 5.70. The average Bonchev–Trinajstić information content (AvgIpc) is 2.42. The summed E-state index contributed by atoms with van der Waals surface area (Å²) in [7, 11) is 0. The van der Waals surface area contributed by atoms with Gasteiger partial charge in [0.2, 0.25) is 5.95 Å². The van der Waals surface area contributed by atoms with Gasteiger partial charge < -0.3 is 5.32 Å². The summed E-state index contributed by atoms with van der Waals surface area (Å²) >= 11 is 5.74. The third kappa shape index (κ3) is 3.50. The number of nitrogen functional groups attached to an aromatic ring is 1. The van der Waals surface area contributed by atoms with E-state index < -0.39 is 17.6 Å². The SMILES string of the molecule is NNc1ncc(F)c(Nc2ccc(C(F)(F)F)cc2Cl)n1. The van der Waals surface area contributed by atoms with Crippen molar-refractivity contribution in [3.8, 4) is 0 Å². The number of halogens is 5. The number of nitrogens with one attached hydrogen (secondary N) is 2. The van der Waals surface area contributed by atoms with Gasteiger partial charge in [0.05, 0.1) is 22.5 Å². The van der Waals surface area contributed by atoms with Crippen molar-refractivity contribution < 1.29 is 17.6 Å². The van der Waals surface area contributed by atoms with Gasteiger partial charge in [0, 0.05) is 0 Å². The van der Waals surface area contributed by atoms with Crippen molar-refractivity contribution in [1.29, 1.82) is 0 Å². The Morgan fingerprint density at radius 2 is 1.95 bits per heavy atom. The summed E-state index contributed by atoms with van der Waals surface area (Å²) in [6.07, 6.45) is -3.67. The van der Waals surface area contributed by atoms with Gasteiger partial charge >= 0.3 is 6.18 Å². The molecule has 10 heteroatoms. The molecule has 0 saturated carbocycles. The van der Waals surface area contributed by atoms with Crippen molar-refractivity contribution in [3.63, 3.8) is 0 Å². The van der Waals surface area contributed by atoms with Crippen molar-refractivity contribution in [2.45, 2.75) is 6.18 Å². The van der Waals surface area contributed by atoms with Gasteiger partial charge in [0.1, 0.15) is 0 Å². The highest BCUT2D eigenvalue weighted by molar-refractivity contribution is 6.33. The molecule has 4 N–H and O–H groups in total. The van der Waals surface area contributed by atoms with Crippen molar-refractivity contribution in [2.24, 2.45) is 5.84 Å². The number of rotatable bonds is 3. The van der Waals surface area contributed by atoms with Gasteiger partial charge in [-0.05, 0) is 18.2 Å². The molecule has 2 aromatic rings. The molecule has 0 radical (unpaired) electrons. The fourth-order valence-electron chi connectivity index (χ4n) is 1.44. The van der Waals surface area contributed by atoms with Gasteiger partial charge in [0.15, 0.2) is 11.6 Å². The van der Waals surface area contributed by atoms with Gasteiger partial charge in [-0.25, -0.2) is 15.2 Å². The van der Waals surface area contributed by atoms with E-state index in [0.29, 0.717) is 0 Å². The fourth-order valence-corrected chi connectivity index (χ4v) is 1.67. The minimum absolute atomic E-state index is 0.0604. The lowest BCUT2D eigenvalue weighted by Crippen LogP contribution is -2.12. The van der Waals surface area contributed by atoms with Crippen LogP contribution in [0, 0.1) is 5.82 Å². The number of nitrogens with zero attached hydrogens (tertiary/aromatic N) is 2. The van der Waals surface area contributed by atoms with Gasteiger partial charge in [-0.2, -0.15) is 18.2 Å². The van der Waals surface area contributed by atoms with Crippen LogP contribution in [-0.4, -0.2) is 9.97 Å². The molecule has 21 heavy (non-hydrogen) atoms. The van der Waals surface area contributed by atoms with Crippen LogP contribution in [0.2, 0.25) is 5.02 Å². The van der Waals surface area contributed by atoms with Crippen LogP contribution in [0.1, 0.15) is 5.56 Å². The fraction of sp³-hybridized carbons (Fsp3) is 0.0909. The zero-order valence-electron chi connectivity index (χ0n) is 10.2. The molecule has 0 unspecified atom stereocenters. The molecule has 0 aliphatic carbocycles. The lowest BCUT2D eigenvalue weighted by molar-refractivity contribution is -0.137. The zero-order chi connectivity index (χ0) is 15.6. The number of alkyl halides is 3. The smallest absolute Gasteiger partial charge is 0.336 e. The lowest BCUT2D eigenvalue weighted by Gasteiger charge is -2.12. The van der Waals surface area contributed by atoms with E-state index in [-0.39, 0.29) is 22.5 Å². The predicted molar refractivity (Wildman–Crippen MR) is 69.5 cm³/mol. The molecule has 0 amide bonds. The number of aromatic nitrogens is 2. The highest BCUT2D eigenvalue weighted by atomic mass is 35.5. The molecule has 1 aromatic carbocycles. The molecule has 2 rings (SSSR count). The highest BCUT2D eigenvalue weighted by Gasteiger charge is 2.30. The Bertz CT molecular complexity index is 662. The van der Waals surface area contributed by atoms with Gasteiger partial charge in [-0.1, -0.05) is 11.6 Å². The highest BCUT2D eigenvalue weighted by Crippen LogP contribution is 2.34. The molecule has 1 aromatic heterocycles. The van der Waals surface area contributed by atoms with Crippen LogP contribution in [0.5, 0.6) is 0 Å². The molecule has 0 spiro atoms. The summed E-state index contributed by atoms with van der Waals surface area (Å²) < 4.78 is 51.0. The predicted octanol–water partition coefficient (Wildman–Crippen LogP) is 3.32. The summed E-state index contributed by atoms with van der Waals surface area (Å²) in [6, 6.07) is 2.61. The Morgan fingerprint density at radius 1 is 1.24 bits per heavy atom. The topological polar surface area (TPSA) is 75.9 Å². The Labute approximate surface area is 121 Å². The monoisotopic (exact) mass is 321 g/mol. The van der Waals surface area contributed by atoms with Crippen molar-refractivity contribution in [2.75, 3.05) is 10.7 Å². The summed E-state index contributed by atoms with van der Waals surface area (Å²) in [5, 5.41) is 2.24. The lowest BCUT2D eigenvalue weighted by atomic mass is 10.2. The van der Waals surface area contributed by atoms with Crippen LogP contribution < -0.4 is 16.6 Å². The molecule has 112 valence electrons. The maximum absolute atomic E-state index is 13.5. The Balaban J connectivity index is 2.32. The van der Waals surface area contributed by atoms with Crippen LogP contribution >= 0.6 is 11.6 Å². The molecular weight excluding hydrogens is 314 g/mol. The average molecular weight is 322 g/mol. The molecule has 0 bridgehead atoms. The first-order valence-electron chi connectivity index (χ1n) is 5.44. The largest absolute Gasteiger partial charge is 0.416 e. The quantitative estimate of drug-likeness (QED) is 0.459. The third-order valence-corrected chi connectivity index (χ3v) is 2.74. The van der Waals surface area contributed by atoms with E-state index in [9.17, 15) is 17.6 Å². The third-order valence-electron chi connectivity index (χ3n) is 2.42. The molecule has 0 atom stereocenters. The zero-order valence-corrected chi connectivity index (χ0v) is 10.9. The van der Waals surface area contributed by atoms with Crippen molar-refractivity contribution >= 4 is 29.1 Å². The summed E-state index contributed by atoms with van der Waals surface area (Å²) in [6.45, 7) is 0. The number of nitrogens with two attached hydrogens (primary N) is 1. The first kappa shape index (κ1) is 15.3. The normalized spacial score (nSPS) is 11.3. The molecule has 0 saturated heterocycles. The minimum atomic E-state index is -4.51. The van der Waals surface area contributed by atoms with Gasteiger partial charge in [0.25, 0.3) is 0 Å². The first-order chi connectivity index (χ1) is 9.81. The maximum Gasteiger partial charge on any atom is 0.416 e. The second-order valence-electron chi connectivity index (χ2n) is 3.85. The number of anilines is 3. The molecule has 0 aliphatic rings. The van der Waals surface area contributed by atoms with E-state index in [4.69, 9.17) is 17.4 Å². The van der Waals surface area contributed by atoms with E-state index in [2.05, 4.69) is 20.7 Å². The number of benzene rings is 1. The van der Waals surface area contributed by atoms with E-state index in [1.54, 1.807) is 0 Å². The minimum Gasteiger partial charge on any atom is -0.336 e. The van der Waals surface area contributed by atoms with E-state index in [1.807, 2.05) is 0 Å². The van der Waals surface area contributed by atoms with Crippen molar-refractivity contribution in [3.05, 3.63) is 40.8 Å². The van der Waals surface area contributed by atoms with Crippen LogP contribution in [0.25, 0.3) is 0 Å². The van der Waals surface area contributed by atoms with Crippen molar-refractivity contribution in [1.82, 2.24) is 9.97 Å². The van der Waals surface area contributed by atoms with Crippen LogP contribution in [0.3, 0.4) is 0 Å². The number of hydrogen-bond donors (Lipinski definition) is 3. The van der Waals surface area contributed by atoms with Gasteiger partial charge in [-0.15, -0.1) is 0 Å². The van der Waals surface area contributed by atoms with E-state index >= 15 is 0 Å². The number of hydrazine groups is 1. The summed E-state index contributed by atoms with van der Waals surface area (Å²) in [5.74, 6) is 3.92. The molecule has 1 heterocycles. The Hall–Kier alpha value is -2.13. The van der Waals surface area contributed by atoms with E-state index in [1.165, 1.54) is 0 Å². The standard InChI is InChI=1S/C11H8ClF4N5/c12-6-3-5(11(14,15)16)1-2-8(6)19-9-7(13)4-18-10(20-9)21-17/h1-4H,17H2,(H2,18,19,20,21). The Kier molecular flexibility index (Phi) is 4.14. The first-order valence-corrected chi connectivity index (χ1v) is 5.82. The van der Waals surface area contributed by atoms with E-state index in [0.717, 1.165) is 24.4 Å².